The van der Waals surface area contributed by atoms with Gasteiger partial charge in [-0.2, -0.15) is 0 Å². The Kier molecular flexibility index (Phi) is 5.42. The van der Waals surface area contributed by atoms with Crippen LogP contribution in [-0.2, 0) is 0 Å². The lowest BCUT2D eigenvalue weighted by atomic mass is 10.0. The number of nitrogens with zero attached hydrogens (tertiary/aromatic N) is 2. The Morgan fingerprint density at radius 1 is 1.27 bits per heavy atom. The number of rotatable bonds is 4. The molecular weight excluding hydrogens is 354 g/mol. The molecule has 3 rings (SSSR count). The van der Waals surface area contributed by atoms with Gasteiger partial charge in [-0.25, -0.2) is 0 Å². The zero-order valence-corrected chi connectivity index (χ0v) is 15.2. The Balaban J connectivity index is 1.88. The molecule has 26 heavy (non-hydrogen) atoms. The number of halogens is 1. The topological polar surface area (TPSA) is 75.5 Å². The van der Waals surface area contributed by atoms with Crippen LogP contribution < -0.4 is 10.2 Å². The van der Waals surface area contributed by atoms with Crippen molar-refractivity contribution in [2.75, 3.05) is 16.8 Å². The number of nitro groups is 1. The second-order valence-electron chi connectivity index (χ2n) is 6.46. The van der Waals surface area contributed by atoms with Gasteiger partial charge >= 0.3 is 0 Å². The molecule has 1 saturated heterocycles. The van der Waals surface area contributed by atoms with Crippen LogP contribution in [0.15, 0.2) is 42.5 Å². The molecule has 1 atom stereocenters. The number of nitro benzene ring substituents is 1. The minimum absolute atomic E-state index is 0.0440. The number of hydrogen-bond donors (Lipinski definition) is 1. The van der Waals surface area contributed by atoms with Crippen LogP contribution in [0, 0.1) is 10.1 Å². The molecule has 2 aromatic rings. The molecule has 1 amide bonds. The molecule has 0 bridgehead atoms. The number of nitrogens with one attached hydrogen (secondary N) is 1. The summed E-state index contributed by atoms with van der Waals surface area (Å²) >= 11 is 5.92. The normalized spacial score (nSPS) is 17.0. The van der Waals surface area contributed by atoms with Crippen molar-refractivity contribution >= 4 is 34.6 Å². The van der Waals surface area contributed by atoms with E-state index in [2.05, 4.69) is 17.1 Å². The van der Waals surface area contributed by atoms with Crippen molar-refractivity contribution in [2.45, 2.75) is 32.2 Å². The fraction of sp³-hybridized carbons (Fsp3) is 0.316. The maximum atomic E-state index is 12.5. The molecule has 0 aliphatic carbocycles. The second-order valence-corrected chi connectivity index (χ2v) is 6.90. The van der Waals surface area contributed by atoms with Crippen molar-refractivity contribution in [3.05, 3.63) is 63.2 Å². The van der Waals surface area contributed by atoms with Crippen molar-refractivity contribution in [1.82, 2.24) is 0 Å². The summed E-state index contributed by atoms with van der Waals surface area (Å²) in [7, 11) is 0. The zero-order valence-electron chi connectivity index (χ0n) is 14.4. The summed E-state index contributed by atoms with van der Waals surface area (Å²) in [5, 5.41) is 14.8. The molecule has 7 heteroatoms. The number of carbonyl (C=O) groups is 1. The third-order valence-corrected chi connectivity index (χ3v) is 4.86. The van der Waals surface area contributed by atoms with Crippen molar-refractivity contribution in [1.29, 1.82) is 0 Å². The average molecular weight is 374 g/mol. The molecule has 6 nitrogen and oxygen atoms in total. The molecule has 2 aromatic carbocycles. The van der Waals surface area contributed by atoms with Gasteiger partial charge in [0.15, 0.2) is 0 Å². The van der Waals surface area contributed by atoms with Crippen LogP contribution in [0.3, 0.4) is 0 Å². The first kappa shape index (κ1) is 18.2. The molecule has 136 valence electrons. The first-order valence-corrected chi connectivity index (χ1v) is 8.95. The SMILES string of the molecule is CC1CCCCN1c1ccc(C(=O)Nc2cccc(Cl)c2)cc1[N+](=O)[O-]. The number of anilines is 2. The minimum atomic E-state index is -0.424. The fourth-order valence-corrected chi connectivity index (χ4v) is 3.47. The molecule has 0 spiro atoms. The monoisotopic (exact) mass is 373 g/mol. The van der Waals surface area contributed by atoms with E-state index in [1.165, 1.54) is 6.07 Å². The van der Waals surface area contributed by atoms with Crippen molar-refractivity contribution in [3.8, 4) is 0 Å². The van der Waals surface area contributed by atoms with Crippen LogP contribution in [0.1, 0.15) is 36.5 Å². The summed E-state index contributed by atoms with van der Waals surface area (Å²) in [6, 6.07) is 11.7. The van der Waals surface area contributed by atoms with E-state index in [1.807, 2.05) is 0 Å². The van der Waals surface area contributed by atoms with Gasteiger partial charge in [-0.15, -0.1) is 0 Å². The summed E-state index contributed by atoms with van der Waals surface area (Å²) in [5.74, 6) is -0.409. The van der Waals surface area contributed by atoms with Gasteiger partial charge in [-0.1, -0.05) is 17.7 Å². The molecule has 1 N–H and O–H groups in total. The van der Waals surface area contributed by atoms with E-state index in [0.717, 1.165) is 25.8 Å². The highest BCUT2D eigenvalue weighted by Crippen LogP contribution is 2.33. The number of hydrogen-bond acceptors (Lipinski definition) is 4. The highest BCUT2D eigenvalue weighted by atomic mass is 35.5. The van der Waals surface area contributed by atoms with Crippen molar-refractivity contribution in [3.63, 3.8) is 0 Å². The summed E-state index contributed by atoms with van der Waals surface area (Å²) in [6.07, 6.45) is 3.15. The largest absolute Gasteiger partial charge is 0.363 e. The van der Waals surface area contributed by atoms with Crippen LogP contribution in [0.25, 0.3) is 0 Å². The number of piperidine rings is 1. The first-order chi connectivity index (χ1) is 12.5. The van der Waals surface area contributed by atoms with Gasteiger partial charge in [0, 0.05) is 34.9 Å². The third kappa shape index (κ3) is 3.96. The lowest BCUT2D eigenvalue weighted by molar-refractivity contribution is -0.384. The highest BCUT2D eigenvalue weighted by Gasteiger charge is 2.26. The molecule has 0 aromatic heterocycles. The summed E-state index contributed by atoms with van der Waals surface area (Å²) in [6.45, 7) is 2.86. The number of carbonyl (C=O) groups excluding carboxylic acids is 1. The molecular formula is C19H20ClN3O3. The molecule has 1 unspecified atom stereocenters. The van der Waals surface area contributed by atoms with Crippen molar-refractivity contribution < 1.29 is 9.72 Å². The van der Waals surface area contributed by atoms with Gasteiger partial charge in [-0.05, 0) is 56.5 Å². The quantitative estimate of drug-likeness (QED) is 0.612. The smallest absolute Gasteiger partial charge is 0.293 e. The van der Waals surface area contributed by atoms with Crippen LogP contribution in [0.2, 0.25) is 5.02 Å². The van der Waals surface area contributed by atoms with E-state index in [9.17, 15) is 14.9 Å². The first-order valence-electron chi connectivity index (χ1n) is 8.57. The van der Waals surface area contributed by atoms with Crippen LogP contribution in [0.5, 0.6) is 0 Å². The standard InChI is InChI=1S/C19H20ClN3O3/c1-13-5-2-3-10-22(13)17-9-8-14(11-18(17)23(25)26)19(24)21-16-7-4-6-15(20)12-16/h4,6-9,11-13H,2-3,5,10H2,1H3,(H,21,24). The number of benzene rings is 2. The van der Waals surface area contributed by atoms with Crippen molar-refractivity contribution in [2.24, 2.45) is 0 Å². The van der Waals surface area contributed by atoms with Gasteiger partial charge in [0.1, 0.15) is 5.69 Å². The number of amides is 1. The lowest BCUT2D eigenvalue weighted by Gasteiger charge is -2.35. The highest BCUT2D eigenvalue weighted by molar-refractivity contribution is 6.31. The Hall–Kier alpha value is -2.60. The van der Waals surface area contributed by atoms with Crippen LogP contribution in [0.4, 0.5) is 17.1 Å². The maximum absolute atomic E-state index is 12.5. The molecule has 1 aliphatic heterocycles. The van der Waals surface area contributed by atoms with E-state index in [1.54, 1.807) is 36.4 Å². The molecule has 1 aliphatic rings. The minimum Gasteiger partial charge on any atom is -0.363 e. The third-order valence-electron chi connectivity index (χ3n) is 4.63. The molecule has 1 fully saturated rings. The van der Waals surface area contributed by atoms with Crippen LogP contribution in [-0.4, -0.2) is 23.4 Å². The molecule has 0 saturated carbocycles. The summed E-state index contributed by atoms with van der Waals surface area (Å²) < 4.78 is 0. The van der Waals surface area contributed by atoms with Gasteiger partial charge in [0.05, 0.1) is 4.92 Å². The summed E-state index contributed by atoms with van der Waals surface area (Å²) in [5.41, 5.74) is 1.31. The van der Waals surface area contributed by atoms with Gasteiger partial charge in [0.25, 0.3) is 11.6 Å². The van der Waals surface area contributed by atoms with E-state index in [0.29, 0.717) is 16.4 Å². The van der Waals surface area contributed by atoms with E-state index in [-0.39, 0.29) is 17.3 Å². The predicted octanol–water partition coefficient (Wildman–Crippen LogP) is 4.88. The lowest BCUT2D eigenvalue weighted by Crippen LogP contribution is -2.37. The Morgan fingerprint density at radius 3 is 2.77 bits per heavy atom. The zero-order chi connectivity index (χ0) is 18.7. The Bertz CT molecular complexity index is 841. The fourth-order valence-electron chi connectivity index (χ4n) is 3.28. The van der Waals surface area contributed by atoms with Gasteiger partial charge in [-0.3, -0.25) is 14.9 Å². The predicted molar refractivity (Wildman–Crippen MR) is 103 cm³/mol. The van der Waals surface area contributed by atoms with E-state index in [4.69, 9.17) is 11.6 Å². The Labute approximate surface area is 156 Å². The second kappa shape index (κ2) is 7.74. The van der Waals surface area contributed by atoms with Gasteiger partial charge < -0.3 is 10.2 Å². The molecule has 0 radical (unpaired) electrons. The van der Waals surface area contributed by atoms with Crippen LogP contribution >= 0.6 is 11.6 Å². The van der Waals surface area contributed by atoms with E-state index >= 15 is 0 Å². The van der Waals surface area contributed by atoms with Gasteiger partial charge in [0.2, 0.25) is 0 Å². The maximum Gasteiger partial charge on any atom is 0.293 e. The van der Waals surface area contributed by atoms with E-state index < -0.39 is 10.8 Å². The molecule has 1 heterocycles. The Morgan fingerprint density at radius 2 is 2.08 bits per heavy atom. The summed E-state index contributed by atoms with van der Waals surface area (Å²) in [4.78, 5) is 25.7. The average Bonchev–Trinajstić information content (AvgIpc) is 2.61.